The van der Waals surface area contributed by atoms with Crippen LogP contribution in [0.3, 0.4) is 0 Å². The second-order valence-corrected chi connectivity index (χ2v) is 9.00. The van der Waals surface area contributed by atoms with Gasteiger partial charge in [-0.1, -0.05) is 60.7 Å². The highest BCUT2D eigenvalue weighted by Crippen LogP contribution is 2.40. The van der Waals surface area contributed by atoms with Crippen molar-refractivity contribution in [1.82, 2.24) is 10.2 Å². The highest BCUT2D eigenvalue weighted by atomic mass is 32.2. The highest BCUT2D eigenvalue weighted by Gasteiger charge is 2.44. The van der Waals surface area contributed by atoms with Crippen molar-refractivity contribution >= 4 is 23.6 Å². The largest absolute Gasteiger partial charge is 0.451 e. The minimum absolute atomic E-state index is 0.0461. The maximum atomic E-state index is 13.6. The summed E-state index contributed by atoms with van der Waals surface area (Å²) in [5, 5.41) is 5.17. The van der Waals surface area contributed by atoms with Gasteiger partial charge in [-0.15, -0.1) is 11.8 Å². The molecule has 31 heavy (non-hydrogen) atoms. The Kier molecular flexibility index (Phi) is 5.66. The van der Waals surface area contributed by atoms with Crippen molar-refractivity contribution in [3.8, 4) is 0 Å². The number of rotatable bonds is 5. The first-order valence-electron chi connectivity index (χ1n) is 10.6. The van der Waals surface area contributed by atoms with E-state index in [1.54, 1.807) is 11.8 Å². The van der Waals surface area contributed by atoms with Crippen LogP contribution in [0.1, 0.15) is 30.1 Å². The van der Waals surface area contributed by atoms with Crippen LogP contribution in [0.2, 0.25) is 0 Å². The topological polar surface area (TPSA) is 58.6 Å². The fourth-order valence-corrected chi connectivity index (χ4v) is 5.40. The SMILES string of the molecule is O=C1NCCC1=CC1=CSC2CCN2C1C(=O)OC(c1ccccc1)c1ccccc1. The minimum Gasteiger partial charge on any atom is -0.451 e. The number of nitrogens with zero attached hydrogens (tertiary/aromatic N) is 1. The lowest BCUT2D eigenvalue weighted by Crippen LogP contribution is -2.57. The van der Waals surface area contributed by atoms with E-state index in [-0.39, 0.29) is 11.9 Å². The van der Waals surface area contributed by atoms with Crippen LogP contribution >= 0.6 is 11.8 Å². The Morgan fingerprint density at radius 2 is 1.77 bits per heavy atom. The molecule has 0 aliphatic carbocycles. The molecule has 6 heteroatoms. The Balaban J connectivity index is 1.45. The summed E-state index contributed by atoms with van der Waals surface area (Å²) in [5.74, 6) is -0.320. The van der Waals surface area contributed by atoms with Gasteiger partial charge in [0.2, 0.25) is 5.91 Å². The third-order valence-electron chi connectivity index (χ3n) is 5.99. The first kappa shape index (κ1) is 20.1. The molecule has 0 aromatic heterocycles. The third-order valence-corrected chi connectivity index (χ3v) is 7.22. The van der Waals surface area contributed by atoms with Crippen molar-refractivity contribution in [3.63, 3.8) is 0 Å². The predicted octanol–water partition coefficient (Wildman–Crippen LogP) is 3.80. The van der Waals surface area contributed by atoms with E-state index in [1.165, 1.54) is 0 Å². The van der Waals surface area contributed by atoms with E-state index in [1.807, 2.05) is 72.1 Å². The molecule has 1 N–H and O–H groups in total. The van der Waals surface area contributed by atoms with Crippen LogP contribution < -0.4 is 5.32 Å². The van der Waals surface area contributed by atoms with Gasteiger partial charge in [0.05, 0.1) is 5.37 Å². The molecule has 2 aromatic rings. The summed E-state index contributed by atoms with van der Waals surface area (Å²) in [6.07, 6.45) is 3.14. The number of hydrogen-bond donors (Lipinski definition) is 1. The van der Waals surface area contributed by atoms with Crippen molar-refractivity contribution in [3.05, 3.63) is 94.4 Å². The second kappa shape index (κ2) is 8.73. The van der Waals surface area contributed by atoms with Gasteiger partial charge in [-0.2, -0.15) is 0 Å². The van der Waals surface area contributed by atoms with E-state index in [9.17, 15) is 9.59 Å². The summed E-state index contributed by atoms with van der Waals surface area (Å²) in [6.45, 7) is 1.50. The molecule has 5 nitrogen and oxygen atoms in total. The Bertz CT molecular complexity index is 996. The summed E-state index contributed by atoms with van der Waals surface area (Å²) < 4.78 is 6.18. The van der Waals surface area contributed by atoms with Crippen LogP contribution in [0.5, 0.6) is 0 Å². The average Bonchev–Trinajstić information content (AvgIpc) is 3.19. The molecule has 3 aliphatic heterocycles. The fourth-order valence-electron chi connectivity index (χ4n) is 4.26. The summed E-state index contributed by atoms with van der Waals surface area (Å²) in [7, 11) is 0. The molecule has 3 heterocycles. The van der Waals surface area contributed by atoms with Gasteiger partial charge in [-0.05, 0) is 41.0 Å². The van der Waals surface area contributed by atoms with Gasteiger partial charge in [0.25, 0.3) is 0 Å². The summed E-state index contributed by atoms with van der Waals surface area (Å²) in [6, 6.07) is 19.2. The number of carbonyl (C=O) groups is 2. The van der Waals surface area contributed by atoms with Crippen molar-refractivity contribution in [2.24, 2.45) is 0 Å². The first-order chi connectivity index (χ1) is 15.2. The lowest BCUT2D eigenvalue weighted by Gasteiger charge is -2.47. The average molecular weight is 433 g/mol. The molecule has 1 amide bonds. The predicted molar refractivity (Wildman–Crippen MR) is 121 cm³/mol. The quantitative estimate of drug-likeness (QED) is 0.575. The zero-order valence-corrected chi connectivity index (χ0v) is 17.9. The summed E-state index contributed by atoms with van der Waals surface area (Å²) in [4.78, 5) is 27.8. The van der Waals surface area contributed by atoms with Crippen LogP contribution in [0, 0.1) is 0 Å². The number of benzene rings is 2. The third kappa shape index (κ3) is 4.05. The summed E-state index contributed by atoms with van der Waals surface area (Å²) >= 11 is 1.72. The van der Waals surface area contributed by atoms with E-state index >= 15 is 0 Å². The number of esters is 1. The van der Waals surface area contributed by atoms with Gasteiger partial charge in [-0.3, -0.25) is 9.69 Å². The van der Waals surface area contributed by atoms with Gasteiger partial charge in [0, 0.05) is 18.7 Å². The number of amides is 1. The smallest absolute Gasteiger partial charge is 0.329 e. The fraction of sp³-hybridized carbons (Fsp3) is 0.280. The first-order valence-corrected chi connectivity index (χ1v) is 11.6. The second-order valence-electron chi connectivity index (χ2n) is 7.95. The van der Waals surface area contributed by atoms with Crippen LogP contribution in [0.4, 0.5) is 0 Å². The van der Waals surface area contributed by atoms with Gasteiger partial charge in [0.15, 0.2) is 6.10 Å². The number of ether oxygens (including phenoxy) is 1. The Labute approximate surface area is 186 Å². The number of nitrogens with one attached hydrogen (secondary N) is 1. The van der Waals surface area contributed by atoms with Crippen molar-refractivity contribution in [1.29, 1.82) is 0 Å². The van der Waals surface area contributed by atoms with E-state index in [2.05, 4.69) is 10.2 Å². The van der Waals surface area contributed by atoms with Gasteiger partial charge < -0.3 is 10.1 Å². The molecule has 0 spiro atoms. The van der Waals surface area contributed by atoms with Gasteiger partial charge in [0.1, 0.15) is 6.04 Å². The van der Waals surface area contributed by atoms with E-state index in [0.29, 0.717) is 18.3 Å². The molecule has 2 atom stereocenters. The maximum Gasteiger partial charge on any atom is 0.329 e. The van der Waals surface area contributed by atoms with E-state index in [4.69, 9.17) is 4.74 Å². The molecular weight excluding hydrogens is 408 g/mol. The number of fused-ring (bicyclic) bond motifs is 1. The minimum atomic E-state index is -0.490. The number of thioether (sulfide) groups is 1. The highest BCUT2D eigenvalue weighted by molar-refractivity contribution is 8.02. The monoisotopic (exact) mass is 432 g/mol. The molecule has 2 unspecified atom stereocenters. The zero-order valence-electron chi connectivity index (χ0n) is 17.1. The maximum absolute atomic E-state index is 13.6. The number of hydrogen-bond acceptors (Lipinski definition) is 5. The Morgan fingerprint density at radius 1 is 1.10 bits per heavy atom. The number of carbonyl (C=O) groups excluding carboxylic acids is 2. The molecule has 5 rings (SSSR count). The normalized spacial score (nSPS) is 24.4. The van der Waals surface area contributed by atoms with Crippen LogP contribution in [-0.4, -0.2) is 41.3 Å². The van der Waals surface area contributed by atoms with Crippen LogP contribution in [0.15, 0.2) is 83.3 Å². The molecule has 3 aliphatic rings. The Hall–Kier alpha value is -2.83. The molecule has 0 bridgehead atoms. The van der Waals surface area contributed by atoms with Crippen molar-refractivity contribution in [2.75, 3.05) is 13.1 Å². The zero-order chi connectivity index (χ0) is 21.2. The molecule has 0 radical (unpaired) electrons. The lowest BCUT2D eigenvalue weighted by atomic mass is 9.98. The van der Waals surface area contributed by atoms with E-state index in [0.717, 1.165) is 35.2 Å². The molecule has 2 fully saturated rings. The standard InChI is InChI=1S/C25H24N2O3S/c28-24-19(11-13-26-24)15-20-16-31-21-12-14-27(21)22(20)25(29)30-23(17-7-3-1-4-8-17)18-9-5-2-6-10-18/h1-10,15-16,21-23H,11-14H2,(H,26,28). The summed E-state index contributed by atoms with van der Waals surface area (Å²) in [5.41, 5.74) is 3.45. The van der Waals surface area contributed by atoms with Crippen molar-refractivity contribution in [2.45, 2.75) is 30.4 Å². The molecule has 2 aromatic carbocycles. The van der Waals surface area contributed by atoms with Crippen LogP contribution in [0.25, 0.3) is 0 Å². The molecule has 2 saturated heterocycles. The van der Waals surface area contributed by atoms with Gasteiger partial charge in [-0.25, -0.2) is 4.79 Å². The molecular formula is C25H24N2O3S. The van der Waals surface area contributed by atoms with Gasteiger partial charge >= 0.3 is 5.97 Å². The molecule has 0 saturated carbocycles. The lowest BCUT2D eigenvalue weighted by molar-refractivity contribution is -0.154. The van der Waals surface area contributed by atoms with Crippen molar-refractivity contribution < 1.29 is 14.3 Å². The van der Waals surface area contributed by atoms with Crippen LogP contribution in [-0.2, 0) is 14.3 Å². The molecule has 158 valence electrons. The van der Waals surface area contributed by atoms with E-state index < -0.39 is 12.1 Å². The Morgan fingerprint density at radius 3 is 2.32 bits per heavy atom.